The number of benzene rings is 1. The highest BCUT2D eigenvalue weighted by atomic mass is 16.5. The molecule has 1 aliphatic rings. The molecular weight excluding hydrogens is 367 g/mol. The van der Waals surface area contributed by atoms with Crippen molar-refractivity contribution in [1.29, 1.82) is 0 Å². The summed E-state index contributed by atoms with van der Waals surface area (Å²) >= 11 is 0. The molecule has 0 saturated heterocycles. The third-order valence-corrected chi connectivity index (χ3v) is 4.39. The zero-order valence-electron chi connectivity index (χ0n) is 15.2. The highest BCUT2D eigenvalue weighted by Gasteiger charge is 2.37. The average Bonchev–Trinajstić information content (AvgIpc) is 3.08. The van der Waals surface area contributed by atoms with Gasteiger partial charge in [0.15, 0.2) is 11.6 Å². The van der Waals surface area contributed by atoms with Crippen molar-refractivity contribution in [3.63, 3.8) is 0 Å². The lowest BCUT2D eigenvalue weighted by atomic mass is 9.64. The number of ketones is 2. The van der Waals surface area contributed by atoms with Crippen LogP contribution in [-0.4, -0.2) is 49.8 Å². The molecule has 12 heteroatoms. The maximum absolute atomic E-state index is 12.4. The maximum Gasteiger partial charge on any atom is 0.526 e. The smallest absolute Gasteiger partial charge is 0.526 e. The van der Waals surface area contributed by atoms with Crippen LogP contribution in [-0.2, 0) is 29.0 Å². The van der Waals surface area contributed by atoms with Gasteiger partial charge in [-0.05, 0) is 30.2 Å². The monoisotopic (exact) mass is 386 g/mol. The Hall–Kier alpha value is -3.12. The Labute approximate surface area is 160 Å². The Bertz CT molecular complexity index is 917. The van der Waals surface area contributed by atoms with Gasteiger partial charge in [-0.25, -0.2) is 5.84 Å². The predicted molar refractivity (Wildman–Crippen MR) is 96.0 cm³/mol. The average molecular weight is 386 g/mol. The molecule has 4 N–H and O–H groups in total. The highest BCUT2D eigenvalue weighted by Crippen LogP contribution is 2.36. The van der Waals surface area contributed by atoms with Crippen molar-refractivity contribution >= 4 is 24.6 Å². The lowest BCUT2D eigenvalue weighted by molar-refractivity contribution is -0.122. The van der Waals surface area contributed by atoms with Gasteiger partial charge in [0.1, 0.15) is 18.1 Å². The molecule has 1 atom stereocenters. The van der Waals surface area contributed by atoms with Gasteiger partial charge in [-0.15, -0.1) is 10.2 Å². The van der Waals surface area contributed by atoms with Crippen LogP contribution in [0.25, 0.3) is 0 Å². The van der Waals surface area contributed by atoms with E-state index in [-0.39, 0.29) is 36.8 Å². The van der Waals surface area contributed by atoms with E-state index in [1.54, 1.807) is 18.2 Å². The van der Waals surface area contributed by atoms with Gasteiger partial charge in [0.05, 0.1) is 12.0 Å². The number of aromatic nitrogens is 4. The number of nitrogens with two attached hydrogens (primary N) is 1. The summed E-state index contributed by atoms with van der Waals surface area (Å²) < 4.78 is 5.53. The quantitative estimate of drug-likeness (QED) is 0.175. The van der Waals surface area contributed by atoms with E-state index in [1.165, 1.54) is 6.92 Å². The molecule has 0 aliphatic carbocycles. The fraction of sp³-hybridized carbons (Fsp3) is 0.375. The van der Waals surface area contributed by atoms with Crippen molar-refractivity contribution in [2.75, 3.05) is 0 Å². The first kappa shape index (κ1) is 19.6. The second-order valence-electron chi connectivity index (χ2n) is 6.55. The third kappa shape index (κ3) is 4.40. The predicted octanol–water partition coefficient (Wildman–Crippen LogP) is -1.15. The summed E-state index contributed by atoms with van der Waals surface area (Å²) in [7, 11) is -1.20. The second kappa shape index (κ2) is 8.27. The number of hydrazine groups is 1. The summed E-state index contributed by atoms with van der Waals surface area (Å²) in [5, 5.41) is 21.6. The number of nitrogens with zero attached hydrogens (tertiary/aromatic N) is 4. The third-order valence-electron chi connectivity index (χ3n) is 4.39. The molecule has 1 aromatic heterocycles. The van der Waals surface area contributed by atoms with Crippen molar-refractivity contribution < 1.29 is 24.1 Å². The van der Waals surface area contributed by atoms with Crippen LogP contribution in [0.5, 0.6) is 5.75 Å². The van der Waals surface area contributed by atoms with E-state index in [1.807, 2.05) is 5.43 Å². The largest absolute Gasteiger partial charge is 0.535 e. The zero-order valence-corrected chi connectivity index (χ0v) is 15.2. The van der Waals surface area contributed by atoms with Crippen molar-refractivity contribution in [3.8, 4) is 5.75 Å². The molecule has 0 spiro atoms. The first-order valence-electron chi connectivity index (χ1n) is 8.62. The summed E-state index contributed by atoms with van der Waals surface area (Å²) in [6.45, 7) is 1.22. The number of para-hydroxylation sites is 1. The van der Waals surface area contributed by atoms with Crippen LogP contribution < -0.4 is 15.9 Å². The van der Waals surface area contributed by atoms with E-state index >= 15 is 0 Å². The summed E-state index contributed by atoms with van der Waals surface area (Å²) in [5.74, 6) is 4.20. The molecule has 146 valence electrons. The fourth-order valence-corrected chi connectivity index (χ4v) is 3.06. The molecule has 0 radical (unpaired) electrons. The number of Topliss-reactive ketones (excluding diaryl/α,β-unsaturated/α-hetero) is 2. The van der Waals surface area contributed by atoms with Gasteiger partial charge in [-0.3, -0.25) is 19.8 Å². The van der Waals surface area contributed by atoms with E-state index in [0.29, 0.717) is 17.7 Å². The number of hydrogen-bond donors (Lipinski definition) is 3. The molecule has 0 fully saturated rings. The van der Waals surface area contributed by atoms with E-state index < -0.39 is 18.8 Å². The van der Waals surface area contributed by atoms with E-state index in [0.717, 1.165) is 10.4 Å². The molecule has 11 nitrogen and oxygen atoms in total. The molecule has 1 aliphatic heterocycles. The molecule has 0 bridgehead atoms. The van der Waals surface area contributed by atoms with Gasteiger partial charge >= 0.3 is 7.12 Å². The summed E-state index contributed by atoms with van der Waals surface area (Å²) in [5.41, 5.74) is 3.12. The second-order valence-corrected chi connectivity index (χ2v) is 6.55. The Morgan fingerprint density at radius 1 is 1.43 bits per heavy atom. The Kier molecular flexibility index (Phi) is 5.80. The van der Waals surface area contributed by atoms with Gasteiger partial charge < -0.3 is 9.68 Å². The SMILES string of the molecule is CC(=O)c1cccc2c1OB(O)[C@@H](CC(=O)Cc1nnn(CC(=O)NN)n1)C2. The molecule has 3 rings (SSSR count). The Morgan fingerprint density at radius 3 is 2.93 bits per heavy atom. The van der Waals surface area contributed by atoms with Crippen LogP contribution >= 0.6 is 0 Å². The normalized spacial score (nSPS) is 15.5. The molecule has 1 aromatic carbocycles. The van der Waals surface area contributed by atoms with Crippen LogP contribution in [0.1, 0.15) is 35.1 Å². The van der Waals surface area contributed by atoms with Gasteiger partial charge in [0, 0.05) is 12.2 Å². The molecule has 0 saturated carbocycles. The Morgan fingerprint density at radius 2 is 2.21 bits per heavy atom. The number of tetrazole rings is 1. The maximum atomic E-state index is 12.4. The molecule has 1 amide bonds. The lowest BCUT2D eigenvalue weighted by Crippen LogP contribution is -2.36. The van der Waals surface area contributed by atoms with Crippen molar-refractivity contribution in [2.24, 2.45) is 5.84 Å². The number of hydrogen-bond acceptors (Lipinski definition) is 9. The lowest BCUT2D eigenvalue weighted by Gasteiger charge is -2.28. The first-order valence-corrected chi connectivity index (χ1v) is 8.62. The standard InChI is InChI=1S/C16H19BN6O5/c1-9(24)13-4-2-3-10-5-11(17(27)28-16(10)13)6-12(25)7-14-20-22-23(21-14)8-15(26)19-18/h2-4,11,27H,5-8,18H2,1H3,(H,19,26)/t11-/m1/s1. The number of carbonyl (C=O) groups excluding carboxylic acids is 3. The minimum absolute atomic E-state index is 0.0444. The van der Waals surface area contributed by atoms with Crippen LogP contribution in [0.3, 0.4) is 0 Å². The summed E-state index contributed by atoms with van der Waals surface area (Å²) in [6.07, 6.45) is 0.358. The topological polar surface area (TPSA) is 162 Å². The number of amides is 1. The minimum Gasteiger partial charge on any atom is -0.535 e. The summed E-state index contributed by atoms with van der Waals surface area (Å²) in [6, 6.07) is 5.19. The van der Waals surface area contributed by atoms with Crippen LogP contribution in [0, 0.1) is 0 Å². The summed E-state index contributed by atoms with van der Waals surface area (Å²) in [4.78, 5) is 36.3. The van der Waals surface area contributed by atoms with Gasteiger partial charge in [0.25, 0.3) is 5.91 Å². The van der Waals surface area contributed by atoms with E-state index in [2.05, 4.69) is 15.4 Å². The molecule has 28 heavy (non-hydrogen) atoms. The van der Waals surface area contributed by atoms with Crippen molar-refractivity contribution in [3.05, 3.63) is 35.2 Å². The highest BCUT2D eigenvalue weighted by molar-refractivity contribution is 6.47. The van der Waals surface area contributed by atoms with Gasteiger partial charge in [0.2, 0.25) is 0 Å². The van der Waals surface area contributed by atoms with Crippen LogP contribution in [0.4, 0.5) is 0 Å². The molecule has 2 heterocycles. The Balaban J connectivity index is 1.63. The van der Waals surface area contributed by atoms with Gasteiger partial charge in [-0.1, -0.05) is 12.1 Å². The van der Waals surface area contributed by atoms with Gasteiger partial charge in [-0.2, -0.15) is 4.80 Å². The van der Waals surface area contributed by atoms with E-state index in [9.17, 15) is 19.4 Å². The van der Waals surface area contributed by atoms with Crippen LogP contribution in [0.15, 0.2) is 18.2 Å². The number of rotatable bonds is 7. The molecule has 0 unspecified atom stereocenters. The van der Waals surface area contributed by atoms with Crippen molar-refractivity contribution in [2.45, 2.75) is 38.5 Å². The van der Waals surface area contributed by atoms with Crippen molar-refractivity contribution in [1.82, 2.24) is 25.6 Å². The minimum atomic E-state index is -1.20. The number of nitrogens with one attached hydrogen (secondary N) is 1. The first-order chi connectivity index (χ1) is 13.4. The number of fused-ring (bicyclic) bond motifs is 1. The van der Waals surface area contributed by atoms with E-state index in [4.69, 9.17) is 10.5 Å². The fourth-order valence-electron chi connectivity index (χ4n) is 3.06. The zero-order chi connectivity index (χ0) is 20.3. The van der Waals surface area contributed by atoms with Crippen LogP contribution in [0.2, 0.25) is 5.82 Å². The molecular formula is C16H19BN6O5. The number of carbonyl (C=O) groups is 3. The molecule has 2 aromatic rings.